The molecule has 0 unspecified atom stereocenters. The zero-order valence-corrected chi connectivity index (χ0v) is 34.7. The Morgan fingerprint density at radius 3 is 1.00 bits per heavy atom. The average Bonchev–Trinajstić information content (AvgIpc) is 3.24. The monoisotopic (exact) mass is 771 g/mol. The van der Waals surface area contributed by atoms with Gasteiger partial charge in [-0.3, -0.25) is 19.3 Å². The Balaban J connectivity index is 1.11. The topological polar surface area (TPSA) is 54.5 Å². The van der Waals surface area contributed by atoms with E-state index < -0.39 is 0 Å². The van der Waals surface area contributed by atoms with Crippen LogP contribution in [0.4, 0.5) is 0 Å². The van der Waals surface area contributed by atoms with E-state index >= 15 is 0 Å². The highest BCUT2D eigenvalue weighted by molar-refractivity contribution is 6.10. The molecule has 0 fully saturated rings. The van der Waals surface area contributed by atoms with E-state index in [-0.39, 0.29) is 17.3 Å². The van der Waals surface area contributed by atoms with E-state index in [1.54, 1.807) is 0 Å². The summed E-state index contributed by atoms with van der Waals surface area (Å²) in [6, 6.07) is 52.9. The number of ketones is 3. The second kappa shape index (κ2) is 19.1. The lowest BCUT2D eigenvalue weighted by atomic mass is 10.0. The van der Waals surface area contributed by atoms with Crippen molar-refractivity contribution >= 4 is 17.3 Å². The van der Waals surface area contributed by atoms with Crippen LogP contribution in [0.1, 0.15) is 77.3 Å². The molecule has 0 saturated carbocycles. The molecule has 0 spiro atoms. The maximum atomic E-state index is 13.1. The number of carbonyl (C=O) groups excluding carboxylic acids is 3. The number of benzene rings is 6. The third kappa shape index (κ3) is 11.6. The Bertz CT molecular complexity index is 2140. The fourth-order valence-corrected chi connectivity index (χ4v) is 7.70. The summed E-state index contributed by atoms with van der Waals surface area (Å²) in [6.45, 7) is 4.46. The molecule has 0 amide bonds. The molecule has 6 nitrogen and oxygen atoms in total. The normalized spacial score (nSPS) is 11.8. The summed E-state index contributed by atoms with van der Waals surface area (Å²) >= 11 is 0. The molecule has 6 rings (SSSR count). The van der Waals surface area contributed by atoms with Crippen LogP contribution in [0.25, 0.3) is 0 Å². The molecule has 0 aliphatic carbocycles. The molecule has 0 aliphatic rings. The highest BCUT2D eigenvalue weighted by Crippen LogP contribution is 2.22. The van der Waals surface area contributed by atoms with Crippen molar-refractivity contribution in [3.05, 3.63) is 214 Å². The maximum absolute atomic E-state index is 13.1. The van der Waals surface area contributed by atoms with Crippen molar-refractivity contribution in [2.75, 3.05) is 48.3 Å². The molecule has 6 aromatic rings. The molecule has 0 bridgehead atoms. The Morgan fingerprint density at radius 1 is 0.414 bits per heavy atom. The summed E-state index contributed by atoms with van der Waals surface area (Å²) in [7, 11) is 11.4. The van der Waals surface area contributed by atoms with Crippen LogP contribution in [0.3, 0.4) is 0 Å². The van der Waals surface area contributed by atoms with Gasteiger partial charge in [-0.15, -0.1) is 0 Å². The van der Waals surface area contributed by atoms with E-state index in [4.69, 9.17) is 0 Å². The van der Waals surface area contributed by atoms with E-state index in [1.165, 1.54) is 16.7 Å². The number of hydrogen-bond donors (Lipinski definition) is 0. The molecular formula is C52H57N3O3+2. The van der Waals surface area contributed by atoms with Gasteiger partial charge in [0, 0.05) is 69.9 Å². The largest absolute Gasteiger partial charge is 0.325 e. The Morgan fingerprint density at radius 2 is 0.690 bits per heavy atom. The molecule has 58 heavy (non-hydrogen) atoms. The molecule has 0 atom stereocenters. The fraction of sp³-hybridized carbons (Fsp3) is 0.250. The number of rotatable bonds is 19. The maximum Gasteiger partial charge on any atom is 0.193 e. The quantitative estimate of drug-likeness (QED) is 0.0609. The molecule has 0 heterocycles. The molecule has 296 valence electrons. The molecule has 0 aliphatic heterocycles. The fourth-order valence-electron chi connectivity index (χ4n) is 7.70. The number of carbonyl (C=O) groups is 3. The van der Waals surface area contributed by atoms with Crippen molar-refractivity contribution in [2.24, 2.45) is 0 Å². The minimum Gasteiger partial charge on any atom is -0.325 e. The van der Waals surface area contributed by atoms with Crippen LogP contribution in [-0.2, 0) is 19.6 Å². The van der Waals surface area contributed by atoms with Gasteiger partial charge < -0.3 is 8.97 Å². The first-order valence-electron chi connectivity index (χ1n) is 20.3. The van der Waals surface area contributed by atoms with Crippen LogP contribution in [0, 0.1) is 0 Å². The smallest absolute Gasteiger partial charge is 0.193 e. The zero-order valence-electron chi connectivity index (χ0n) is 34.7. The summed E-state index contributed by atoms with van der Waals surface area (Å²) in [6.07, 6.45) is 2.02. The van der Waals surface area contributed by atoms with E-state index in [9.17, 15) is 14.4 Å². The average molecular weight is 772 g/mol. The lowest BCUT2D eigenvalue weighted by Crippen LogP contribution is -2.46. The number of hydrogen-bond acceptors (Lipinski definition) is 4. The van der Waals surface area contributed by atoms with Crippen molar-refractivity contribution in [1.29, 1.82) is 0 Å². The predicted octanol–water partition coefficient (Wildman–Crippen LogP) is 9.51. The minimum absolute atomic E-state index is 0.0354. The van der Waals surface area contributed by atoms with E-state index in [0.717, 1.165) is 54.5 Å². The summed E-state index contributed by atoms with van der Waals surface area (Å²) in [5.74, 6) is 0.120. The van der Waals surface area contributed by atoms with Gasteiger partial charge in [0.25, 0.3) is 0 Å². The minimum atomic E-state index is 0.0354. The Hall–Kier alpha value is -5.79. The first-order valence-corrected chi connectivity index (χ1v) is 20.3. The SMILES string of the molecule is CN(Cc1ccc(C(=O)c2ccccc2)cc1)C(CC[N+](C)(C)Cc1ccc(C(=O)c2ccccc2)cc1)CC[N+](C)(C)Cc1ccc(C(=O)c2ccccc2)cc1. The van der Waals surface area contributed by atoms with Gasteiger partial charge in [-0.05, 0) is 12.6 Å². The third-order valence-electron chi connectivity index (χ3n) is 11.2. The molecular weight excluding hydrogens is 715 g/mol. The predicted molar refractivity (Wildman–Crippen MR) is 235 cm³/mol. The van der Waals surface area contributed by atoms with Crippen molar-refractivity contribution in [3.8, 4) is 0 Å². The molecule has 6 aromatic carbocycles. The highest BCUT2D eigenvalue weighted by atomic mass is 16.1. The van der Waals surface area contributed by atoms with Crippen LogP contribution in [0.2, 0.25) is 0 Å². The van der Waals surface area contributed by atoms with Crippen LogP contribution < -0.4 is 0 Å². The first-order chi connectivity index (χ1) is 27.9. The van der Waals surface area contributed by atoms with Crippen LogP contribution in [0.5, 0.6) is 0 Å². The summed E-state index contributed by atoms with van der Waals surface area (Å²) in [5.41, 5.74) is 7.80. The van der Waals surface area contributed by atoms with Gasteiger partial charge in [0.05, 0.1) is 41.3 Å². The van der Waals surface area contributed by atoms with E-state index in [1.807, 2.05) is 127 Å². The summed E-state index contributed by atoms with van der Waals surface area (Å²) < 4.78 is 1.64. The molecule has 0 radical (unpaired) electrons. The van der Waals surface area contributed by atoms with Crippen molar-refractivity contribution in [1.82, 2.24) is 4.90 Å². The van der Waals surface area contributed by atoms with Gasteiger partial charge in [0.2, 0.25) is 0 Å². The number of quaternary nitrogens is 2. The van der Waals surface area contributed by atoms with Crippen molar-refractivity contribution in [3.63, 3.8) is 0 Å². The molecule has 0 N–H and O–H groups in total. The standard InChI is InChI=1S/C52H57N3O3/c1-53(37-40-21-27-46(28-22-40)50(56)43-15-9-6-10-16-43)49(33-35-54(2,3)38-41-23-29-47(30-24-41)51(57)44-17-11-7-12-18-44)34-36-55(4,5)39-42-25-31-48(32-26-42)52(58)45-19-13-8-14-20-45/h6-32,49H,33-39H2,1-5H3/q+2. The second-order valence-corrected chi connectivity index (χ2v) is 17.0. The second-order valence-electron chi connectivity index (χ2n) is 17.0. The van der Waals surface area contributed by atoms with Crippen LogP contribution in [-0.4, -0.2) is 85.6 Å². The van der Waals surface area contributed by atoms with Gasteiger partial charge in [0.15, 0.2) is 17.3 Å². The lowest BCUT2D eigenvalue weighted by Gasteiger charge is -2.37. The van der Waals surface area contributed by atoms with Crippen molar-refractivity contribution < 1.29 is 23.3 Å². The van der Waals surface area contributed by atoms with Crippen LogP contribution in [0.15, 0.2) is 164 Å². The molecule has 6 heteroatoms. The summed E-state index contributed by atoms with van der Waals surface area (Å²) in [5, 5.41) is 0. The van der Waals surface area contributed by atoms with Gasteiger partial charge in [-0.1, -0.05) is 164 Å². The summed E-state index contributed by atoms with van der Waals surface area (Å²) in [4.78, 5) is 41.6. The Labute approximate surface area is 345 Å². The van der Waals surface area contributed by atoms with Gasteiger partial charge in [0.1, 0.15) is 13.1 Å². The first kappa shape index (κ1) is 41.8. The lowest BCUT2D eigenvalue weighted by molar-refractivity contribution is -0.906. The van der Waals surface area contributed by atoms with Gasteiger partial charge >= 0.3 is 0 Å². The van der Waals surface area contributed by atoms with Gasteiger partial charge in [-0.25, -0.2) is 0 Å². The number of nitrogens with zero attached hydrogens (tertiary/aromatic N) is 3. The van der Waals surface area contributed by atoms with Crippen LogP contribution >= 0.6 is 0 Å². The zero-order chi connectivity index (χ0) is 41.1. The third-order valence-corrected chi connectivity index (χ3v) is 11.2. The molecule has 0 saturated heterocycles. The highest BCUT2D eigenvalue weighted by Gasteiger charge is 2.26. The van der Waals surface area contributed by atoms with Crippen molar-refractivity contribution in [2.45, 2.75) is 38.5 Å². The molecule has 0 aromatic heterocycles. The van der Waals surface area contributed by atoms with E-state index in [0.29, 0.717) is 39.4 Å². The van der Waals surface area contributed by atoms with E-state index in [2.05, 4.69) is 76.5 Å². The Kier molecular flexibility index (Phi) is 13.8. The van der Waals surface area contributed by atoms with Gasteiger partial charge in [-0.2, -0.15) is 0 Å².